The van der Waals surface area contributed by atoms with Gasteiger partial charge >= 0.3 is 0 Å². The Labute approximate surface area is 108 Å². The fourth-order valence-electron chi connectivity index (χ4n) is 1.43. The van der Waals surface area contributed by atoms with Crippen molar-refractivity contribution in [2.45, 2.75) is 0 Å². The number of hydrogen-bond acceptors (Lipinski definition) is 4. The molecule has 0 aliphatic carbocycles. The second-order valence-electron chi connectivity index (χ2n) is 3.50. The molecule has 0 aliphatic rings. The molecule has 3 N–H and O–H groups in total. The van der Waals surface area contributed by atoms with Crippen molar-refractivity contribution in [3.8, 4) is 0 Å². The summed E-state index contributed by atoms with van der Waals surface area (Å²) < 4.78 is 26.8. The van der Waals surface area contributed by atoms with Crippen LogP contribution in [0.4, 0.5) is 5.69 Å². The highest BCUT2D eigenvalue weighted by Crippen LogP contribution is 2.24. The van der Waals surface area contributed by atoms with Crippen molar-refractivity contribution < 1.29 is 8.42 Å². The van der Waals surface area contributed by atoms with Gasteiger partial charge < -0.3 is 5.73 Å². The lowest BCUT2D eigenvalue weighted by Crippen LogP contribution is -2.26. The minimum atomic E-state index is -3.50. The fraction of sp³-hybridized carbons (Fsp3) is 0.100. The lowest BCUT2D eigenvalue weighted by Gasteiger charge is -2.07. The standard InChI is InChI=1S/C10H10N2O2S3/c11-10(15)6-17(13,14)12-8-1-2-9-7(5-8)3-4-16-9/h1-5,12H,6H2,(H2,11,15). The summed E-state index contributed by atoms with van der Waals surface area (Å²) in [6.45, 7) is 0. The van der Waals surface area contributed by atoms with Gasteiger partial charge in [0.25, 0.3) is 0 Å². The minimum absolute atomic E-state index is 0.0471. The van der Waals surface area contributed by atoms with Gasteiger partial charge in [0.15, 0.2) is 0 Å². The summed E-state index contributed by atoms with van der Waals surface area (Å²) in [6.07, 6.45) is 0. The fourth-order valence-corrected chi connectivity index (χ4v) is 3.60. The zero-order valence-corrected chi connectivity index (χ0v) is 11.2. The monoisotopic (exact) mass is 286 g/mol. The van der Waals surface area contributed by atoms with Gasteiger partial charge in [0.2, 0.25) is 10.0 Å². The van der Waals surface area contributed by atoms with Gasteiger partial charge in [-0.05, 0) is 35.0 Å². The number of hydrogen-bond donors (Lipinski definition) is 2. The number of benzene rings is 1. The summed E-state index contributed by atoms with van der Waals surface area (Å²) >= 11 is 6.19. The Morgan fingerprint density at radius 3 is 2.88 bits per heavy atom. The molecule has 1 aromatic carbocycles. The number of nitrogens with two attached hydrogens (primary N) is 1. The van der Waals surface area contributed by atoms with Crippen LogP contribution >= 0.6 is 23.6 Å². The van der Waals surface area contributed by atoms with Crippen molar-refractivity contribution in [1.82, 2.24) is 0 Å². The molecule has 0 unspecified atom stereocenters. The molecule has 0 saturated carbocycles. The molecule has 0 bridgehead atoms. The quantitative estimate of drug-likeness (QED) is 0.842. The normalized spacial score (nSPS) is 11.5. The van der Waals surface area contributed by atoms with Crippen LogP contribution in [-0.4, -0.2) is 19.2 Å². The average Bonchev–Trinajstić information content (AvgIpc) is 2.61. The number of thiocarbonyl (C=S) groups is 1. The Balaban J connectivity index is 2.26. The summed E-state index contributed by atoms with van der Waals surface area (Å²) in [5.74, 6) is -0.343. The number of rotatable bonds is 4. The second-order valence-corrected chi connectivity index (χ2v) is 6.70. The average molecular weight is 286 g/mol. The number of nitrogens with one attached hydrogen (secondary N) is 1. The first kappa shape index (κ1) is 12.3. The number of sulfonamides is 1. The predicted molar refractivity (Wildman–Crippen MR) is 76.0 cm³/mol. The van der Waals surface area contributed by atoms with Gasteiger partial charge in [-0.3, -0.25) is 4.72 Å². The van der Waals surface area contributed by atoms with Gasteiger partial charge in [-0.15, -0.1) is 11.3 Å². The third kappa shape index (κ3) is 3.15. The van der Waals surface area contributed by atoms with Crippen LogP contribution in [0, 0.1) is 0 Å². The predicted octanol–water partition coefficient (Wildman–Crippen LogP) is 1.93. The molecule has 1 aromatic heterocycles. The highest BCUT2D eigenvalue weighted by atomic mass is 32.2. The molecule has 17 heavy (non-hydrogen) atoms. The number of anilines is 1. The van der Waals surface area contributed by atoms with Gasteiger partial charge in [0.1, 0.15) is 5.75 Å². The molecule has 0 spiro atoms. The maximum Gasteiger partial charge on any atom is 0.239 e. The molecule has 0 amide bonds. The molecule has 0 saturated heterocycles. The molecular formula is C10H10N2O2S3. The maximum absolute atomic E-state index is 11.6. The number of thiophene rings is 1. The van der Waals surface area contributed by atoms with Crippen LogP contribution in [0.15, 0.2) is 29.6 Å². The van der Waals surface area contributed by atoms with E-state index in [2.05, 4.69) is 16.9 Å². The first-order chi connectivity index (χ1) is 7.96. The summed E-state index contributed by atoms with van der Waals surface area (Å²) in [7, 11) is -3.50. The molecule has 0 atom stereocenters. The molecule has 2 rings (SSSR count). The lowest BCUT2D eigenvalue weighted by molar-refractivity contribution is 0.605. The molecule has 4 nitrogen and oxygen atoms in total. The third-order valence-electron chi connectivity index (χ3n) is 2.06. The van der Waals surface area contributed by atoms with E-state index in [1.165, 1.54) is 0 Å². The Morgan fingerprint density at radius 1 is 1.41 bits per heavy atom. The first-order valence-corrected chi connectivity index (χ1v) is 7.66. The van der Waals surface area contributed by atoms with Crippen molar-refractivity contribution in [2.24, 2.45) is 5.73 Å². The number of fused-ring (bicyclic) bond motifs is 1. The molecule has 2 aromatic rings. The van der Waals surface area contributed by atoms with E-state index in [1.54, 1.807) is 23.5 Å². The van der Waals surface area contributed by atoms with Gasteiger partial charge in [0, 0.05) is 10.4 Å². The van der Waals surface area contributed by atoms with E-state index in [-0.39, 0.29) is 10.7 Å². The zero-order valence-electron chi connectivity index (χ0n) is 8.71. The molecule has 1 heterocycles. The Bertz CT molecular complexity index is 661. The van der Waals surface area contributed by atoms with Gasteiger partial charge in [0.05, 0.1) is 4.99 Å². The highest BCUT2D eigenvalue weighted by molar-refractivity contribution is 7.95. The second kappa shape index (κ2) is 4.59. The SMILES string of the molecule is NC(=S)CS(=O)(=O)Nc1ccc2sccc2c1. The van der Waals surface area contributed by atoms with E-state index in [9.17, 15) is 8.42 Å². The third-order valence-corrected chi connectivity index (χ3v) is 4.52. The van der Waals surface area contributed by atoms with Crippen LogP contribution in [0.25, 0.3) is 10.1 Å². The van der Waals surface area contributed by atoms with Crippen molar-refractivity contribution in [3.63, 3.8) is 0 Å². The summed E-state index contributed by atoms with van der Waals surface area (Å²) in [4.78, 5) is -0.0471. The summed E-state index contributed by atoms with van der Waals surface area (Å²) in [5, 5.41) is 2.96. The summed E-state index contributed by atoms with van der Waals surface area (Å²) in [6, 6.07) is 7.31. The van der Waals surface area contributed by atoms with Crippen LogP contribution in [0.1, 0.15) is 0 Å². The van der Waals surface area contributed by atoms with Crippen LogP contribution in [-0.2, 0) is 10.0 Å². The van der Waals surface area contributed by atoms with Gasteiger partial charge in [-0.2, -0.15) is 0 Å². The highest BCUT2D eigenvalue weighted by Gasteiger charge is 2.12. The van der Waals surface area contributed by atoms with Crippen LogP contribution in [0.2, 0.25) is 0 Å². The Hall–Kier alpha value is -1.18. The molecule has 0 aliphatic heterocycles. The molecule has 7 heteroatoms. The van der Waals surface area contributed by atoms with Gasteiger partial charge in [-0.1, -0.05) is 12.2 Å². The van der Waals surface area contributed by atoms with E-state index in [4.69, 9.17) is 5.73 Å². The molecular weight excluding hydrogens is 276 g/mol. The van der Waals surface area contributed by atoms with E-state index in [0.29, 0.717) is 5.69 Å². The molecule has 90 valence electrons. The Kier molecular flexibility index (Phi) is 3.32. The van der Waals surface area contributed by atoms with Crippen LogP contribution < -0.4 is 10.5 Å². The minimum Gasteiger partial charge on any atom is -0.392 e. The summed E-state index contributed by atoms with van der Waals surface area (Å²) in [5.41, 5.74) is 5.74. The maximum atomic E-state index is 11.6. The van der Waals surface area contributed by atoms with E-state index in [0.717, 1.165) is 10.1 Å². The van der Waals surface area contributed by atoms with Crippen molar-refractivity contribution >= 4 is 54.3 Å². The zero-order chi connectivity index (χ0) is 12.5. The smallest absolute Gasteiger partial charge is 0.239 e. The van der Waals surface area contributed by atoms with Crippen molar-refractivity contribution in [2.75, 3.05) is 10.5 Å². The molecule has 0 radical (unpaired) electrons. The lowest BCUT2D eigenvalue weighted by atomic mass is 10.2. The van der Waals surface area contributed by atoms with E-state index in [1.807, 2.05) is 17.5 Å². The van der Waals surface area contributed by atoms with Crippen molar-refractivity contribution in [3.05, 3.63) is 29.6 Å². The largest absolute Gasteiger partial charge is 0.392 e. The van der Waals surface area contributed by atoms with E-state index >= 15 is 0 Å². The Morgan fingerprint density at radius 2 is 2.18 bits per heavy atom. The first-order valence-electron chi connectivity index (χ1n) is 4.72. The van der Waals surface area contributed by atoms with E-state index < -0.39 is 10.0 Å². The topological polar surface area (TPSA) is 72.2 Å². The van der Waals surface area contributed by atoms with Crippen LogP contribution in [0.3, 0.4) is 0 Å². The van der Waals surface area contributed by atoms with Gasteiger partial charge in [-0.25, -0.2) is 8.42 Å². The van der Waals surface area contributed by atoms with Crippen molar-refractivity contribution in [1.29, 1.82) is 0 Å². The molecule has 0 fully saturated rings. The van der Waals surface area contributed by atoms with Crippen LogP contribution in [0.5, 0.6) is 0 Å².